The van der Waals surface area contributed by atoms with Crippen LogP contribution < -0.4 is 21.3 Å². The SMILES string of the molecule is Cc1ccc(CN(CCCCN)CC2Cc3c(cccc3N3CCNCC3)CN2)nc1. The molecule has 6 heteroatoms. The van der Waals surface area contributed by atoms with E-state index >= 15 is 0 Å². The highest BCUT2D eigenvalue weighted by Gasteiger charge is 2.25. The molecule has 168 valence electrons. The normalized spacial score (nSPS) is 18.9. The van der Waals surface area contributed by atoms with Crippen LogP contribution in [0, 0.1) is 6.92 Å². The standard InChI is InChI=1S/C25H38N6/c1-20-7-8-22(28-16-20)18-30(12-3-2-9-26)19-23-15-24-21(17-29-23)5-4-6-25(24)31-13-10-27-11-14-31/h4-8,16,23,27,29H,2-3,9-15,17-19,26H2,1H3. The largest absolute Gasteiger partial charge is 0.369 e. The van der Waals surface area contributed by atoms with Gasteiger partial charge in [-0.1, -0.05) is 18.2 Å². The van der Waals surface area contributed by atoms with E-state index in [0.717, 1.165) is 83.9 Å². The van der Waals surface area contributed by atoms with Crippen molar-refractivity contribution in [2.24, 2.45) is 5.73 Å². The Hall–Kier alpha value is -1.99. The summed E-state index contributed by atoms with van der Waals surface area (Å²) in [6.45, 7) is 11.2. The molecule has 4 rings (SSSR count). The van der Waals surface area contributed by atoms with E-state index in [4.69, 9.17) is 5.73 Å². The van der Waals surface area contributed by atoms with Crippen molar-refractivity contribution in [2.75, 3.05) is 50.7 Å². The first kappa shape index (κ1) is 22.2. The average molecular weight is 423 g/mol. The number of nitrogens with one attached hydrogen (secondary N) is 2. The summed E-state index contributed by atoms with van der Waals surface area (Å²) in [5.41, 5.74) is 12.6. The molecule has 0 spiro atoms. The fourth-order valence-corrected chi connectivity index (χ4v) is 4.77. The van der Waals surface area contributed by atoms with Crippen LogP contribution in [-0.2, 0) is 19.5 Å². The highest BCUT2D eigenvalue weighted by atomic mass is 15.2. The molecule has 0 radical (unpaired) electrons. The zero-order valence-corrected chi connectivity index (χ0v) is 18.9. The molecule has 0 amide bonds. The summed E-state index contributed by atoms with van der Waals surface area (Å²) in [7, 11) is 0. The van der Waals surface area contributed by atoms with E-state index in [2.05, 4.69) is 62.7 Å². The molecule has 1 fully saturated rings. The number of piperazine rings is 1. The van der Waals surface area contributed by atoms with Gasteiger partial charge in [-0.2, -0.15) is 0 Å². The molecule has 0 aliphatic carbocycles. The Bertz CT molecular complexity index is 815. The summed E-state index contributed by atoms with van der Waals surface area (Å²) < 4.78 is 0. The van der Waals surface area contributed by atoms with Gasteiger partial charge >= 0.3 is 0 Å². The van der Waals surface area contributed by atoms with Crippen molar-refractivity contribution < 1.29 is 0 Å². The Balaban J connectivity index is 1.45. The summed E-state index contributed by atoms with van der Waals surface area (Å²) in [6, 6.07) is 11.6. The van der Waals surface area contributed by atoms with Crippen molar-refractivity contribution in [1.29, 1.82) is 0 Å². The van der Waals surface area contributed by atoms with Crippen molar-refractivity contribution >= 4 is 5.69 Å². The lowest BCUT2D eigenvalue weighted by Crippen LogP contribution is -2.47. The number of nitrogens with two attached hydrogens (primary N) is 1. The lowest BCUT2D eigenvalue weighted by molar-refractivity contribution is 0.222. The number of unbranched alkanes of at least 4 members (excludes halogenated alkanes) is 1. The van der Waals surface area contributed by atoms with Crippen LogP contribution >= 0.6 is 0 Å². The highest BCUT2D eigenvalue weighted by molar-refractivity contribution is 5.58. The molecule has 31 heavy (non-hydrogen) atoms. The van der Waals surface area contributed by atoms with Gasteiger partial charge in [-0.05, 0) is 68.1 Å². The topological polar surface area (TPSA) is 69.5 Å². The van der Waals surface area contributed by atoms with Gasteiger partial charge < -0.3 is 21.3 Å². The van der Waals surface area contributed by atoms with Gasteiger partial charge in [-0.3, -0.25) is 9.88 Å². The molecule has 0 saturated carbocycles. The quantitative estimate of drug-likeness (QED) is 0.538. The van der Waals surface area contributed by atoms with Crippen LogP contribution in [-0.4, -0.2) is 61.7 Å². The molecule has 1 aromatic heterocycles. The molecule has 6 nitrogen and oxygen atoms in total. The van der Waals surface area contributed by atoms with Gasteiger partial charge in [0, 0.05) is 63.7 Å². The maximum atomic E-state index is 5.76. The fraction of sp³-hybridized carbons (Fsp3) is 0.560. The maximum Gasteiger partial charge on any atom is 0.0544 e. The van der Waals surface area contributed by atoms with Crippen LogP contribution in [0.5, 0.6) is 0 Å². The van der Waals surface area contributed by atoms with Gasteiger partial charge in [0.25, 0.3) is 0 Å². The number of hydrogen-bond acceptors (Lipinski definition) is 6. The molecule has 1 atom stereocenters. The first-order chi connectivity index (χ1) is 15.2. The summed E-state index contributed by atoms with van der Waals surface area (Å²) in [5.74, 6) is 0. The second kappa shape index (κ2) is 11.0. The van der Waals surface area contributed by atoms with Crippen molar-refractivity contribution in [3.05, 3.63) is 58.9 Å². The molecule has 2 aromatic rings. The number of nitrogens with zero attached hydrogens (tertiary/aromatic N) is 3. The van der Waals surface area contributed by atoms with Crippen molar-refractivity contribution in [2.45, 2.75) is 45.3 Å². The molecule has 4 N–H and O–H groups in total. The van der Waals surface area contributed by atoms with Gasteiger partial charge in [0.2, 0.25) is 0 Å². The van der Waals surface area contributed by atoms with Gasteiger partial charge in [-0.25, -0.2) is 0 Å². The number of anilines is 1. The number of benzene rings is 1. The summed E-state index contributed by atoms with van der Waals surface area (Å²) in [4.78, 5) is 9.77. The van der Waals surface area contributed by atoms with E-state index in [1.165, 1.54) is 16.8 Å². The molecule has 1 aromatic carbocycles. The Labute approximate surface area is 187 Å². The smallest absolute Gasteiger partial charge is 0.0544 e. The molecule has 0 bridgehead atoms. The first-order valence-corrected chi connectivity index (χ1v) is 11.9. The number of aromatic nitrogens is 1. The van der Waals surface area contributed by atoms with Crippen molar-refractivity contribution in [1.82, 2.24) is 20.5 Å². The number of hydrogen-bond donors (Lipinski definition) is 3. The van der Waals surface area contributed by atoms with Crippen LogP contribution in [0.1, 0.15) is 35.2 Å². The molecule has 1 unspecified atom stereocenters. The van der Waals surface area contributed by atoms with E-state index in [9.17, 15) is 0 Å². The molecule has 3 heterocycles. The molecular formula is C25H38N6. The van der Waals surface area contributed by atoms with E-state index in [-0.39, 0.29) is 0 Å². The lowest BCUT2D eigenvalue weighted by atomic mass is 9.93. The average Bonchev–Trinajstić information content (AvgIpc) is 2.81. The van der Waals surface area contributed by atoms with E-state index in [0.29, 0.717) is 6.04 Å². The number of fused-ring (bicyclic) bond motifs is 1. The second-order valence-corrected chi connectivity index (χ2v) is 8.99. The minimum Gasteiger partial charge on any atom is -0.369 e. The molecule has 2 aliphatic heterocycles. The lowest BCUT2D eigenvalue weighted by Gasteiger charge is -2.36. The summed E-state index contributed by atoms with van der Waals surface area (Å²) >= 11 is 0. The molecule has 1 saturated heterocycles. The number of aryl methyl sites for hydroxylation is 1. The van der Waals surface area contributed by atoms with Crippen LogP contribution in [0.25, 0.3) is 0 Å². The van der Waals surface area contributed by atoms with Gasteiger partial charge in [-0.15, -0.1) is 0 Å². The van der Waals surface area contributed by atoms with E-state index < -0.39 is 0 Å². The van der Waals surface area contributed by atoms with Crippen LogP contribution in [0.4, 0.5) is 5.69 Å². The van der Waals surface area contributed by atoms with Gasteiger partial charge in [0.1, 0.15) is 0 Å². The predicted octanol–water partition coefficient (Wildman–Crippen LogP) is 2.06. The second-order valence-electron chi connectivity index (χ2n) is 8.99. The van der Waals surface area contributed by atoms with Gasteiger partial charge in [0.15, 0.2) is 0 Å². The van der Waals surface area contributed by atoms with Gasteiger partial charge in [0.05, 0.1) is 5.69 Å². The zero-order chi connectivity index (χ0) is 21.5. The maximum absolute atomic E-state index is 5.76. The third-order valence-electron chi connectivity index (χ3n) is 6.50. The Morgan fingerprint density at radius 2 is 2.03 bits per heavy atom. The third kappa shape index (κ3) is 6.04. The minimum absolute atomic E-state index is 0.458. The van der Waals surface area contributed by atoms with Crippen molar-refractivity contribution in [3.8, 4) is 0 Å². The fourth-order valence-electron chi connectivity index (χ4n) is 4.77. The zero-order valence-electron chi connectivity index (χ0n) is 18.9. The predicted molar refractivity (Wildman–Crippen MR) is 128 cm³/mol. The van der Waals surface area contributed by atoms with E-state index in [1.54, 1.807) is 5.56 Å². The van der Waals surface area contributed by atoms with Crippen LogP contribution in [0.15, 0.2) is 36.5 Å². The number of rotatable bonds is 9. The third-order valence-corrected chi connectivity index (χ3v) is 6.50. The Morgan fingerprint density at radius 1 is 1.16 bits per heavy atom. The molecule has 2 aliphatic rings. The minimum atomic E-state index is 0.458. The number of pyridine rings is 1. The Morgan fingerprint density at radius 3 is 2.81 bits per heavy atom. The first-order valence-electron chi connectivity index (χ1n) is 11.9. The van der Waals surface area contributed by atoms with E-state index in [1.807, 2.05) is 6.20 Å². The van der Waals surface area contributed by atoms with Crippen molar-refractivity contribution in [3.63, 3.8) is 0 Å². The molecular weight excluding hydrogens is 384 g/mol. The Kier molecular flexibility index (Phi) is 7.92. The summed E-state index contributed by atoms with van der Waals surface area (Å²) in [5, 5.41) is 7.28. The summed E-state index contributed by atoms with van der Waals surface area (Å²) in [6.07, 6.45) is 5.27. The van der Waals surface area contributed by atoms with Crippen LogP contribution in [0.2, 0.25) is 0 Å². The van der Waals surface area contributed by atoms with Crippen LogP contribution in [0.3, 0.4) is 0 Å². The monoisotopic (exact) mass is 422 g/mol. The highest BCUT2D eigenvalue weighted by Crippen LogP contribution is 2.29.